The third-order valence-corrected chi connectivity index (χ3v) is 6.10. The second-order valence-electron chi connectivity index (χ2n) is 7.01. The lowest BCUT2D eigenvalue weighted by atomic mass is 9.64. The first-order valence-electron chi connectivity index (χ1n) is 7.79. The predicted molar refractivity (Wildman–Crippen MR) is 69.4 cm³/mol. The van der Waals surface area contributed by atoms with Gasteiger partial charge < -0.3 is 9.84 Å². The van der Waals surface area contributed by atoms with Gasteiger partial charge in [0.25, 0.3) is 0 Å². The van der Waals surface area contributed by atoms with Crippen molar-refractivity contribution in [2.45, 2.75) is 56.8 Å². The van der Waals surface area contributed by atoms with E-state index in [1.807, 2.05) is 0 Å². The number of hydrogen-bond donors (Lipinski definition) is 1. The molecule has 0 aromatic rings. The zero-order valence-corrected chi connectivity index (χ0v) is 11.5. The molecule has 4 fully saturated rings. The van der Waals surface area contributed by atoms with Crippen LogP contribution in [0.5, 0.6) is 0 Å². The van der Waals surface area contributed by atoms with Crippen LogP contribution in [0, 0.1) is 17.8 Å². The Balaban J connectivity index is 1.73. The van der Waals surface area contributed by atoms with Crippen molar-refractivity contribution in [3.05, 3.63) is 0 Å². The van der Waals surface area contributed by atoms with E-state index in [-0.39, 0.29) is 30.0 Å². The summed E-state index contributed by atoms with van der Waals surface area (Å²) in [6, 6.07) is 0.194. The lowest BCUT2D eigenvalue weighted by Gasteiger charge is -2.48. The highest BCUT2D eigenvalue weighted by Gasteiger charge is 2.69. The summed E-state index contributed by atoms with van der Waals surface area (Å²) in [4.78, 5) is 14.7. The van der Waals surface area contributed by atoms with E-state index in [1.54, 1.807) is 0 Å². The standard InChI is InChI=1S/C15H23NO3/c1-9-8-10-4-5-11-15(10,18)12(14(17)19-11)13(9)16-6-2-3-7-16/h9-13,18H,2-8H2,1H3/t9-,10+,11+,12?,13?,15+/m0/s1. The van der Waals surface area contributed by atoms with Gasteiger partial charge in [0.15, 0.2) is 0 Å². The third-order valence-electron chi connectivity index (χ3n) is 6.10. The molecular weight excluding hydrogens is 242 g/mol. The van der Waals surface area contributed by atoms with Gasteiger partial charge in [0, 0.05) is 6.04 Å². The number of aliphatic hydroxyl groups is 1. The minimum absolute atomic E-state index is 0.138. The lowest BCUT2D eigenvalue weighted by molar-refractivity contribution is -0.150. The van der Waals surface area contributed by atoms with Crippen LogP contribution in [-0.4, -0.2) is 46.8 Å². The van der Waals surface area contributed by atoms with Crippen LogP contribution in [0.25, 0.3) is 0 Å². The number of carbonyl (C=O) groups is 1. The first kappa shape index (κ1) is 12.2. The van der Waals surface area contributed by atoms with Crippen molar-refractivity contribution in [2.75, 3.05) is 13.1 Å². The van der Waals surface area contributed by atoms with Crippen LogP contribution in [-0.2, 0) is 9.53 Å². The molecular formula is C15H23NO3. The highest BCUT2D eigenvalue weighted by Crippen LogP contribution is 2.56. The van der Waals surface area contributed by atoms with E-state index in [2.05, 4.69) is 11.8 Å². The number of carbonyl (C=O) groups excluding carboxylic acids is 1. The molecule has 6 atom stereocenters. The van der Waals surface area contributed by atoms with Crippen molar-refractivity contribution in [3.63, 3.8) is 0 Å². The summed E-state index contributed by atoms with van der Waals surface area (Å²) >= 11 is 0. The Kier molecular flexibility index (Phi) is 2.53. The summed E-state index contributed by atoms with van der Waals surface area (Å²) in [7, 11) is 0. The molecule has 4 rings (SSSR count). The van der Waals surface area contributed by atoms with Gasteiger partial charge >= 0.3 is 5.97 Å². The van der Waals surface area contributed by atoms with Crippen LogP contribution in [0.15, 0.2) is 0 Å². The van der Waals surface area contributed by atoms with Gasteiger partial charge in [-0.2, -0.15) is 0 Å². The molecule has 0 aromatic heterocycles. The van der Waals surface area contributed by atoms with Gasteiger partial charge in [0.05, 0.1) is 0 Å². The molecule has 0 amide bonds. The third kappa shape index (κ3) is 1.44. The fourth-order valence-corrected chi connectivity index (χ4v) is 5.33. The van der Waals surface area contributed by atoms with Gasteiger partial charge in [-0.3, -0.25) is 9.69 Å². The molecule has 19 heavy (non-hydrogen) atoms. The molecule has 4 nitrogen and oxygen atoms in total. The minimum Gasteiger partial charge on any atom is -0.459 e. The lowest BCUT2D eigenvalue weighted by Crippen LogP contribution is -2.61. The van der Waals surface area contributed by atoms with E-state index in [4.69, 9.17) is 4.74 Å². The second kappa shape index (κ2) is 3.95. The molecule has 0 aromatic carbocycles. The molecule has 2 saturated carbocycles. The molecule has 1 N–H and O–H groups in total. The van der Waals surface area contributed by atoms with E-state index >= 15 is 0 Å². The van der Waals surface area contributed by atoms with Gasteiger partial charge in [0.2, 0.25) is 0 Å². The molecule has 2 unspecified atom stereocenters. The van der Waals surface area contributed by atoms with Gasteiger partial charge in [0.1, 0.15) is 17.6 Å². The van der Waals surface area contributed by atoms with E-state index in [1.165, 1.54) is 12.8 Å². The first-order valence-corrected chi connectivity index (χ1v) is 7.79. The molecule has 0 spiro atoms. The quantitative estimate of drug-likeness (QED) is 0.723. The highest BCUT2D eigenvalue weighted by atomic mass is 16.6. The fraction of sp³-hybridized carbons (Fsp3) is 0.933. The first-order chi connectivity index (χ1) is 9.12. The van der Waals surface area contributed by atoms with Crippen molar-refractivity contribution in [1.29, 1.82) is 0 Å². The second-order valence-corrected chi connectivity index (χ2v) is 7.01. The van der Waals surface area contributed by atoms with Crippen molar-refractivity contribution in [3.8, 4) is 0 Å². The van der Waals surface area contributed by atoms with E-state index < -0.39 is 5.60 Å². The molecule has 2 saturated heterocycles. The molecule has 2 heterocycles. The topological polar surface area (TPSA) is 49.8 Å². The molecule has 0 radical (unpaired) electrons. The van der Waals surface area contributed by atoms with Crippen LogP contribution in [0.3, 0.4) is 0 Å². The maximum Gasteiger partial charge on any atom is 0.314 e. The minimum atomic E-state index is -0.864. The molecule has 106 valence electrons. The van der Waals surface area contributed by atoms with Gasteiger partial charge in [-0.15, -0.1) is 0 Å². The highest BCUT2D eigenvalue weighted by molar-refractivity contribution is 5.78. The number of nitrogens with zero attached hydrogens (tertiary/aromatic N) is 1. The maximum atomic E-state index is 12.3. The largest absolute Gasteiger partial charge is 0.459 e. The van der Waals surface area contributed by atoms with Gasteiger partial charge in [-0.25, -0.2) is 0 Å². The number of ether oxygens (including phenoxy) is 1. The van der Waals surface area contributed by atoms with Crippen molar-refractivity contribution >= 4 is 5.97 Å². The SMILES string of the molecule is C[C@H]1C[C@H]2CC[C@H]3OC(=O)C(C1N1CCCC1)[C@@]23O. The maximum absolute atomic E-state index is 12.3. The van der Waals surface area contributed by atoms with Crippen LogP contribution in [0.1, 0.15) is 39.0 Å². The zero-order valence-electron chi connectivity index (χ0n) is 11.5. The predicted octanol–water partition coefficient (Wildman–Crippen LogP) is 1.17. The smallest absolute Gasteiger partial charge is 0.314 e. The summed E-state index contributed by atoms with van der Waals surface area (Å²) in [6.45, 7) is 4.40. The van der Waals surface area contributed by atoms with Gasteiger partial charge in [-0.1, -0.05) is 6.92 Å². The molecule has 4 heteroatoms. The number of hydrogen-bond acceptors (Lipinski definition) is 4. The van der Waals surface area contributed by atoms with Crippen LogP contribution in [0.2, 0.25) is 0 Å². The number of rotatable bonds is 1. The van der Waals surface area contributed by atoms with Crippen molar-refractivity contribution in [2.24, 2.45) is 17.8 Å². The Morgan fingerprint density at radius 3 is 2.79 bits per heavy atom. The molecule has 0 bridgehead atoms. The van der Waals surface area contributed by atoms with E-state index in [0.717, 1.165) is 32.4 Å². The Morgan fingerprint density at radius 1 is 1.32 bits per heavy atom. The summed E-state index contributed by atoms with van der Waals surface area (Å²) in [6.07, 6.45) is 5.12. The van der Waals surface area contributed by atoms with Crippen molar-refractivity contribution < 1.29 is 14.6 Å². The molecule has 2 aliphatic heterocycles. The van der Waals surface area contributed by atoms with E-state index in [9.17, 15) is 9.90 Å². The van der Waals surface area contributed by atoms with Crippen LogP contribution >= 0.6 is 0 Å². The van der Waals surface area contributed by atoms with Gasteiger partial charge in [-0.05, 0) is 57.0 Å². The number of likely N-dealkylation sites (tertiary alicyclic amines) is 1. The van der Waals surface area contributed by atoms with Crippen molar-refractivity contribution in [1.82, 2.24) is 4.90 Å². The molecule has 2 aliphatic carbocycles. The summed E-state index contributed by atoms with van der Waals surface area (Å²) < 4.78 is 5.52. The number of esters is 1. The molecule has 4 aliphatic rings. The van der Waals surface area contributed by atoms with E-state index in [0.29, 0.717) is 5.92 Å². The zero-order chi connectivity index (χ0) is 13.2. The summed E-state index contributed by atoms with van der Waals surface area (Å²) in [5, 5.41) is 11.2. The Bertz CT molecular complexity index is 406. The Labute approximate surface area is 114 Å². The fourth-order valence-electron chi connectivity index (χ4n) is 5.33. The Morgan fingerprint density at radius 2 is 2.05 bits per heavy atom. The monoisotopic (exact) mass is 265 g/mol. The normalized spacial score (nSPS) is 53.4. The summed E-state index contributed by atoms with van der Waals surface area (Å²) in [5.41, 5.74) is -0.864. The summed E-state index contributed by atoms with van der Waals surface area (Å²) in [5.74, 6) is 0.313. The van der Waals surface area contributed by atoms with Crippen LogP contribution < -0.4 is 0 Å². The average Bonchev–Trinajstić information content (AvgIpc) is 3.03. The Hall–Kier alpha value is -0.610. The average molecular weight is 265 g/mol. The van der Waals surface area contributed by atoms with Crippen LogP contribution in [0.4, 0.5) is 0 Å².